The van der Waals surface area contributed by atoms with Gasteiger partial charge in [0.2, 0.25) is 5.91 Å². The highest BCUT2D eigenvalue weighted by atomic mass is 19.1. The predicted molar refractivity (Wildman–Crippen MR) is 82.0 cm³/mol. The van der Waals surface area contributed by atoms with E-state index in [9.17, 15) is 9.18 Å². The van der Waals surface area contributed by atoms with Crippen LogP contribution in [0.5, 0.6) is 0 Å². The normalized spacial score (nSPS) is 21.0. The molecule has 0 spiro atoms. The maximum Gasteiger partial charge on any atom is 0.225 e. The number of amides is 1. The van der Waals surface area contributed by atoms with Crippen LogP contribution in [0.2, 0.25) is 0 Å². The second kappa shape index (κ2) is 6.46. The molecule has 1 heterocycles. The van der Waals surface area contributed by atoms with Crippen molar-refractivity contribution >= 4 is 11.6 Å². The zero-order chi connectivity index (χ0) is 15.5. The second-order valence-corrected chi connectivity index (χ2v) is 5.98. The van der Waals surface area contributed by atoms with E-state index in [4.69, 9.17) is 4.84 Å². The number of carbonyl (C=O) groups excluding carboxylic acids is 1. The van der Waals surface area contributed by atoms with Gasteiger partial charge in [0, 0.05) is 24.4 Å². The van der Waals surface area contributed by atoms with Gasteiger partial charge in [0.05, 0.1) is 12.3 Å². The molecule has 2 aliphatic rings. The van der Waals surface area contributed by atoms with Crippen molar-refractivity contribution in [1.82, 2.24) is 4.90 Å². The number of halogens is 1. The van der Waals surface area contributed by atoms with Crippen LogP contribution in [0, 0.1) is 11.7 Å². The number of hydrogen-bond acceptors (Lipinski definition) is 3. The van der Waals surface area contributed by atoms with Crippen molar-refractivity contribution in [2.24, 2.45) is 11.1 Å². The van der Waals surface area contributed by atoms with Crippen LogP contribution < -0.4 is 0 Å². The molecular weight excluding hydrogens is 283 g/mol. The van der Waals surface area contributed by atoms with Crippen LogP contribution in [0.1, 0.15) is 38.2 Å². The summed E-state index contributed by atoms with van der Waals surface area (Å²) in [6, 6.07) is 6.36. The van der Waals surface area contributed by atoms with Crippen molar-refractivity contribution in [2.45, 2.75) is 38.7 Å². The summed E-state index contributed by atoms with van der Waals surface area (Å²) in [6.07, 6.45) is 3.64. The van der Waals surface area contributed by atoms with E-state index in [0.29, 0.717) is 19.5 Å². The van der Waals surface area contributed by atoms with E-state index in [0.717, 1.165) is 30.5 Å². The molecular formula is C17H21FN2O2. The second-order valence-electron chi connectivity index (χ2n) is 5.98. The Morgan fingerprint density at radius 3 is 2.91 bits per heavy atom. The Bertz CT molecular complexity index is 584. The van der Waals surface area contributed by atoms with Gasteiger partial charge in [0.1, 0.15) is 5.82 Å². The van der Waals surface area contributed by atoms with E-state index in [1.807, 2.05) is 17.9 Å². The quantitative estimate of drug-likeness (QED) is 0.839. The fourth-order valence-corrected chi connectivity index (χ4v) is 2.90. The molecule has 22 heavy (non-hydrogen) atoms. The zero-order valence-corrected chi connectivity index (χ0v) is 12.8. The van der Waals surface area contributed by atoms with Crippen LogP contribution in [0.25, 0.3) is 0 Å². The molecule has 4 nitrogen and oxygen atoms in total. The first kappa shape index (κ1) is 15.0. The van der Waals surface area contributed by atoms with E-state index in [-0.39, 0.29) is 23.7 Å². The predicted octanol–water partition coefficient (Wildman–Crippen LogP) is 2.97. The van der Waals surface area contributed by atoms with Crippen LogP contribution in [-0.2, 0) is 9.63 Å². The average molecular weight is 304 g/mol. The summed E-state index contributed by atoms with van der Waals surface area (Å²) in [5.74, 6) is 0.153. The zero-order valence-electron chi connectivity index (χ0n) is 12.8. The first-order valence-corrected chi connectivity index (χ1v) is 7.94. The molecule has 118 valence electrons. The Hall–Kier alpha value is -1.91. The van der Waals surface area contributed by atoms with Gasteiger partial charge < -0.3 is 9.74 Å². The van der Waals surface area contributed by atoms with Crippen molar-refractivity contribution in [3.63, 3.8) is 0 Å². The van der Waals surface area contributed by atoms with Crippen LogP contribution in [0.4, 0.5) is 4.39 Å². The summed E-state index contributed by atoms with van der Waals surface area (Å²) in [4.78, 5) is 19.6. The van der Waals surface area contributed by atoms with Crippen molar-refractivity contribution in [3.05, 3.63) is 35.6 Å². The monoisotopic (exact) mass is 304 g/mol. The van der Waals surface area contributed by atoms with Gasteiger partial charge in [0.25, 0.3) is 0 Å². The van der Waals surface area contributed by atoms with E-state index in [1.54, 1.807) is 6.07 Å². The molecule has 1 saturated carbocycles. The minimum atomic E-state index is -0.279. The fourth-order valence-electron chi connectivity index (χ4n) is 2.90. The smallest absolute Gasteiger partial charge is 0.225 e. The third-order valence-electron chi connectivity index (χ3n) is 4.46. The van der Waals surface area contributed by atoms with Crippen molar-refractivity contribution < 1.29 is 14.0 Å². The highest BCUT2D eigenvalue weighted by molar-refractivity contribution is 6.01. The molecule has 1 fully saturated rings. The lowest BCUT2D eigenvalue weighted by atomic mass is 9.84. The van der Waals surface area contributed by atoms with Gasteiger partial charge in [0.15, 0.2) is 6.10 Å². The van der Waals surface area contributed by atoms with Gasteiger partial charge in [-0.25, -0.2) is 4.39 Å². The number of carbonyl (C=O) groups is 1. The molecule has 0 radical (unpaired) electrons. The highest BCUT2D eigenvalue weighted by Gasteiger charge is 2.32. The molecule has 1 amide bonds. The first-order valence-electron chi connectivity index (χ1n) is 7.94. The molecule has 0 aromatic heterocycles. The summed E-state index contributed by atoms with van der Waals surface area (Å²) in [7, 11) is 0. The lowest BCUT2D eigenvalue weighted by Gasteiger charge is -2.31. The first-order chi connectivity index (χ1) is 10.7. The third-order valence-corrected chi connectivity index (χ3v) is 4.46. The van der Waals surface area contributed by atoms with Gasteiger partial charge in [-0.15, -0.1) is 0 Å². The largest absolute Gasteiger partial charge is 0.390 e. The standard InChI is InChI=1S/C17H21FN2O2/c1-2-20(17(21)12-5-3-6-12)11-15-10-16(19-22-15)13-7-4-8-14(18)9-13/h4,7-9,12,15H,2-3,5-6,10-11H2,1H3/t15-/m1/s1. The molecule has 1 aliphatic carbocycles. The van der Waals surface area contributed by atoms with Crippen LogP contribution >= 0.6 is 0 Å². The van der Waals surface area contributed by atoms with Gasteiger partial charge in [-0.05, 0) is 31.9 Å². The van der Waals surface area contributed by atoms with Crippen molar-refractivity contribution in [3.8, 4) is 0 Å². The minimum Gasteiger partial charge on any atom is -0.390 e. The molecule has 1 aromatic rings. The number of likely N-dealkylation sites (N-methyl/N-ethyl adjacent to an activating group) is 1. The van der Waals surface area contributed by atoms with Gasteiger partial charge in [-0.1, -0.05) is 23.7 Å². The topological polar surface area (TPSA) is 41.9 Å². The molecule has 1 aromatic carbocycles. The summed E-state index contributed by atoms with van der Waals surface area (Å²) >= 11 is 0. The molecule has 0 saturated heterocycles. The van der Waals surface area contributed by atoms with Crippen LogP contribution in [-0.4, -0.2) is 35.7 Å². The molecule has 0 N–H and O–H groups in total. The maximum atomic E-state index is 13.3. The SMILES string of the molecule is CCN(C[C@H]1CC(c2cccc(F)c2)=NO1)C(=O)C1CCC1. The average Bonchev–Trinajstić information content (AvgIpc) is 2.91. The fraction of sp³-hybridized carbons (Fsp3) is 0.529. The summed E-state index contributed by atoms with van der Waals surface area (Å²) < 4.78 is 13.3. The van der Waals surface area contributed by atoms with Crippen LogP contribution in [0.3, 0.4) is 0 Å². The number of rotatable bonds is 5. The van der Waals surface area contributed by atoms with E-state index < -0.39 is 0 Å². The maximum absolute atomic E-state index is 13.3. The van der Waals surface area contributed by atoms with E-state index >= 15 is 0 Å². The Kier molecular flexibility index (Phi) is 4.41. The molecule has 0 bridgehead atoms. The Labute approximate surface area is 129 Å². The Balaban J connectivity index is 1.58. The third kappa shape index (κ3) is 3.13. The molecule has 3 rings (SSSR count). The number of hydrogen-bond donors (Lipinski definition) is 0. The lowest BCUT2D eigenvalue weighted by molar-refractivity contribution is -0.139. The molecule has 5 heteroatoms. The number of benzene rings is 1. The highest BCUT2D eigenvalue weighted by Crippen LogP contribution is 2.29. The summed E-state index contributed by atoms with van der Waals surface area (Å²) in [6.45, 7) is 3.22. The van der Waals surface area contributed by atoms with Crippen molar-refractivity contribution in [2.75, 3.05) is 13.1 Å². The molecule has 0 unspecified atom stereocenters. The molecule has 1 atom stereocenters. The minimum absolute atomic E-state index is 0.137. The van der Waals surface area contributed by atoms with E-state index in [1.165, 1.54) is 12.1 Å². The van der Waals surface area contributed by atoms with Crippen LogP contribution in [0.15, 0.2) is 29.4 Å². The summed E-state index contributed by atoms with van der Waals surface area (Å²) in [5.41, 5.74) is 1.49. The van der Waals surface area contributed by atoms with Crippen molar-refractivity contribution in [1.29, 1.82) is 0 Å². The van der Waals surface area contributed by atoms with Gasteiger partial charge >= 0.3 is 0 Å². The summed E-state index contributed by atoms with van der Waals surface area (Å²) in [5, 5.41) is 4.07. The van der Waals surface area contributed by atoms with Gasteiger partial charge in [-0.2, -0.15) is 0 Å². The van der Waals surface area contributed by atoms with E-state index in [2.05, 4.69) is 5.16 Å². The van der Waals surface area contributed by atoms with Gasteiger partial charge in [-0.3, -0.25) is 4.79 Å². The Morgan fingerprint density at radius 1 is 1.45 bits per heavy atom. The lowest BCUT2D eigenvalue weighted by Crippen LogP contribution is -2.42. The number of nitrogens with zero attached hydrogens (tertiary/aromatic N) is 2. The molecule has 1 aliphatic heterocycles. The Morgan fingerprint density at radius 2 is 2.27 bits per heavy atom. The number of oxime groups is 1.